The van der Waals surface area contributed by atoms with Crippen molar-refractivity contribution in [2.24, 2.45) is 4.99 Å². The summed E-state index contributed by atoms with van der Waals surface area (Å²) in [5.41, 5.74) is 9.78. The van der Waals surface area contributed by atoms with Gasteiger partial charge in [0.05, 0.1) is 5.71 Å². The highest BCUT2D eigenvalue weighted by molar-refractivity contribution is 6.15. The Bertz CT molecular complexity index is 1070. The first-order valence-electron chi connectivity index (χ1n) is 9.88. The Morgan fingerprint density at radius 1 is 1.00 bits per heavy atom. The fourth-order valence-electron chi connectivity index (χ4n) is 3.82. The van der Waals surface area contributed by atoms with Crippen LogP contribution in [0.25, 0.3) is 17.4 Å². The van der Waals surface area contributed by atoms with Crippen molar-refractivity contribution in [3.8, 4) is 11.3 Å². The van der Waals surface area contributed by atoms with Gasteiger partial charge in [-0.05, 0) is 105 Å². The highest BCUT2D eigenvalue weighted by atomic mass is 16.3. The third kappa shape index (κ3) is 3.45. The van der Waals surface area contributed by atoms with Crippen LogP contribution in [-0.4, -0.2) is 17.2 Å². The van der Waals surface area contributed by atoms with E-state index in [1.165, 1.54) is 33.4 Å². The van der Waals surface area contributed by atoms with Crippen molar-refractivity contribution in [1.29, 1.82) is 0 Å². The van der Waals surface area contributed by atoms with Crippen LogP contribution < -0.4 is 0 Å². The van der Waals surface area contributed by atoms with Gasteiger partial charge in [-0.25, -0.2) is 0 Å². The minimum Gasteiger partial charge on any atom is -0.457 e. The first-order valence-corrected chi connectivity index (χ1v) is 9.88. The predicted octanol–water partition coefficient (Wildman–Crippen LogP) is 6.24. The zero-order valence-electron chi connectivity index (χ0n) is 17.0. The number of hydrogen-bond donors (Lipinski definition) is 0. The summed E-state index contributed by atoms with van der Waals surface area (Å²) in [6.07, 6.45) is 7.89. The Kier molecular flexibility index (Phi) is 4.99. The van der Waals surface area contributed by atoms with Crippen LogP contribution in [0.1, 0.15) is 46.4 Å². The Morgan fingerprint density at radius 2 is 1.86 bits per heavy atom. The second-order valence-corrected chi connectivity index (χ2v) is 7.56. The van der Waals surface area contributed by atoms with Crippen molar-refractivity contribution < 1.29 is 4.42 Å². The molecule has 0 bridgehead atoms. The smallest absolute Gasteiger partial charge is 0.135 e. The SMILES string of the molecule is Cc1cc(-c2ccc(/C=C3\CCCN=C3c3cccnc3)o2)c(C)c(C)c1C. The maximum atomic E-state index is 6.24. The Balaban J connectivity index is 1.70. The van der Waals surface area contributed by atoms with Crippen molar-refractivity contribution in [3.63, 3.8) is 0 Å². The van der Waals surface area contributed by atoms with Gasteiger partial charge in [-0.2, -0.15) is 0 Å². The number of benzene rings is 1. The minimum absolute atomic E-state index is 0.867. The van der Waals surface area contributed by atoms with E-state index in [1.54, 1.807) is 6.20 Å². The number of pyridine rings is 1. The number of aromatic nitrogens is 1. The number of aryl methyl sites for hydroxylation is 1. The lowest BCUT2D eigenvalue weighted by atomic mass is 9.93. The molecule has 1 aliphatic rings. The van der Waals surface area contributed by atoms with E-state index in [1.807, 2.05) is 12.3 Å². The maximum absolute atomic E-state index is 6.24. The van der Waals surface area contributed by atoms with E-state index >= 15 is 0 Å². The molecule has 0 radical (unpaired) electrons. The third-order valence-corrected chi connectivity index (χ3v) is 5.80. The maximum Gasteiger partial charge on any atom is 0.135 e. The molecule has 0 fully saturated rings. The molecule has 0 N–H and O–H groups in total. The van der Waals surface area contributed by atoms with Crippen LogP contribution in [0, 0.1) is 27.7 Å². The highest BCUT2D eigenvalue weighted by Gasteiger charge is 2.16. The lowest BCUT2D eigenvalue weighted by Crippen LogP contribution is -2.11. The molecule has 142 valence electrons. The van der Waals surface area contributed by atoms with Crippen LogP contribution in [0.15, 0.2) is 57.7 Å². The van der Waals surface area contributed by atoms with Crippen molar-refractivity contribution >= 4 is 11.8 Å². The predicted molar refractivity (Wildman–Crippen MR) is 116 cm³/mol. The van der Waals surface area contributed by atoms with Gasteiger partial charge < -0.3 is 4.42 Å². The Morgan fingerprint density at radius 3 is 2.64 bits per heavy atom. The van der Waals surface area contributed by atoms with E-state index in [4.69, 9.17) is 9.41 Å². The number of furan rings is 1. The van der Waals surface area contributed by atoms with Gasteiger partial charge in [0.2, 0.25) is 0 Å². The third-order valence-electron chi connectivity index (χ3n) is 5.80. The summed E-state index contributed by atoms with van der Waals surface area (Å²) in [6, 6.07) is 10.4. The molecule has 3 heteroatoms. The van der Waals surface area contributed by atoms with E-state index in [-0.39, 0.29) is 0 Å². The van der Waals surface area contributed by atoms with Crippen molar-refractivity contribution in [1.82, 2.24) is 4.98 Å². The number of allylic oxidation sites excluding steroid dienone is 1. The summed E-state index contributed by atoms with van der Waals surface area (Å²) < 4.78 is 6.24. The standard InChI is InChI=1S/C25H26N2O/c1-16-13-23(19(4)18(3)17(16)2)24-10-9-22(28-24)14-20-7-6-12-27-25(20)21-8-5-11-26-15-21/h5,8-11,13-15H,6-7,12H2,1-4H3/b20-14+. The zero-order valence-corrected chi connectivity index (χ0v) is 17.0. The molecule has 3 aromatic rings. The Labute approximate surface area is 166 Å². The van der Waals surface area contributed by atoms with Gasteiger partial charge in [0.15, 0.2) is 0 Å². The van der Waals surface area contributed by atoms with E-state index < -0.39 is 0 Å². The molecule has 0 spiro atoms. The Hall–Kier alpha value is -2.94. The first kappa shape index (κ1) is 18.4. The van der Waals surface area contributed by atoms with Crippen molar-refractivity contribution in [3.05, 3.63) is 81.9 Å². The second kappa shape index (κ2) is 7.59. The molecule has 0 amide bonds. The summed E-state index contributed by atoms with van der Waals surface area (Å²) in [4.78, 5) is 9.00. The summed E-state index contributed by atoms with van der Waals surface area (Å²) in [5, 5.41) is 0. The van der Waals surface area contributed by atoms with E-state index in [2.05, 4.69) is 63.0 Å². The molecule has 0 unspecified atom stereocenters. The van der Waals surface area contributed by atoms with Gasteiger partial charge in [-0.3, -0.25) is 9.98 Å². The van der Waals surface area contributed by atoms with Gasteiger partial charge in [0.25, 0.3) is 0 Å². The molecule has 0 saturated carbocycles. The summed E-state index contributed by atoms with van der Waals surface area (Å²) in [7, 11) is 0. The molecule has 0 atom stereocenters. The molecule has 2 aromatic heterocycles. The van der Waals surface area contributed by atoms with Crippen LogP contribution in [0.2, 0.25) is 0 Å². The zero-order chi connectivity index (χ0) is 19.7. The van der Waals surface area contributed by atoms with Crippen LogP contribution in [0.4, 0.5) is 0 Å². The van der Waals surface area contributed by atoms with Gasteiger partial charge in [-0.1, -0.05) is 0 Å². The van der Waals surface area contributed by atoms with Gasteiger partial charge in [-0.15, -0.1) is 0 Å². The number of aliphatic imine (C=N–C) groups is 1. The number of hydrogen-bond acceptors (Lipinski definition) is 3. The number of nitrogens with zero attached hydrogens (tertiary/aromatic N) is 2. The normalized spacial score (nSPS) is 15.7. The van der Waals surface area contributed by atoms with Crippen molar-refractivity contribution in [2.45, 2.75) is 40.5 Å². The fourth-order valence-corrected chi connectivity index (χ4v) is 3.82. The monoisotopic (exact) mass is 370 g/mol. The topological polar surface area (TPSA) is 38.4 Å². The van der Waals surface area contributed by atoms with Gasteiger partial charge >= 0.3 is 0 Å². The summed E-state index contributed by atoms with van der Waals surface area (Å²) >= 11 is 0. The van der Waals surface area contributed by atoms with Crippen LogP contribution >= 0.6 is 0 Å². The average molecular weight is 370 g/mol. The molecule has 28 heavy (non-hydrogen) atoms. The van der Waals surface area contributed by atoms with Gasteiger partial charge in [0.1, 0.15) is 11.5 Å². The summed E-state index contributed by atoms with van der Waals surface area (Å²) in [6.45, 7) is 9.57. The highest BCUT2D eigenvalue weighted by Crippen LogP contribution is 2.32. The van der Waals surface area contributed by atoms with Gasteiger partial charge in [0, 0.05) is 30.1 Å². The van der Waals surface area contributed by atoms with Crippen LogP contribution in [0.5, 0.6) is 0 Å². The average Bonchev–Trinajstić information content (AvgIpc) is 3.18. The molecule has 3 heterocycles. The molecule has 1 aromatic carbocycles. The van der Waals surface area contributed by atoms with Crippen LogP contribution in [0.3, 0.4) is 0 Å². The number of rotatable bonds is 3. The lowest BCUT2D eigenvalue weighted by Gasteiger charge is -2.15. The summed E-state index contributed by atoms with van der Waals surface area (Å²) in [5.74, 6) is 1.80. The quantitative estimate of drug-likeness (QED) is 0.547. The molecular weight excluding hydrogens is 344 g/mol. The lowest BCUT2D eigenvalue weighted by molar-refractivity contribution is 0.570. The van der Waals surface area contributed by atoms with Crippen molar-refractivity contribution in [2.75, 3.05) is 6.54 Å². The molecule has 0 aliphatic carbocycles. The minimum atomic E-state index is 0.867. The fraction of sp³-hybridized carbons (Fsp3) is 0.280. The van der Waals surface area contributed by atoms with E-state index in [0.717, 1.165) is 42.2 Å². The van der Waals surface area contributed by atoms with E-state index in [0.29, 0.717) is 0 Å². The molecular formula is C25H26N2O. The second-order valence-electron chi connectivity index (χ2n) is 7.56. The first-order chi connectivity index (χ1) is 13.5. The molecule has 0 saturated heterocycles. The molecule has 3 nitrogen and oxygen atoms in total. The van der Waals surface area contributed by atoms with E-state index in [9.17, 15) is 0 Å². The largest absolute Gasteiger partial charge is 0.457 e. The molecule has 4 rings (SSSR count). The van der Waals surface area contributed by atoms with Crippen LogP contribution in [-0.2, 0) is 0 Å². The molecule has 1 aliphatic heterocycles.